The summed E-state index contributed by atoms with van der Waals surface area (Å²) in [7, 11) is 3.43. The van der Waals surface area contributed by atoms with Gasteiger partial charge in [0.05, 0.1) is 13.7 Å². The number of hydrogen-bond acceptors (Lipinski definition) is 4. The monoisotopic (exact) mass is 279 g/mol. The normalized spacial score (nSPS) is 17.9. The minimum Gasteiger partial charge on any atom is -0.497 e. The number of benzene rings is 1. The predicted molar refractivity (Wildman–Crippen MR) is 79.5 cm³/mol. The molecule has 4 heteroatoms. The molecule has 1 heterocycles. The average Bonchev–Trinajstić information content (AvgIpc) is 2.53. The zero-order valence-electron chi connectivity index (χ0n) is 12.5. The van der Waals surface area contributed by atoms with E-state index in [0.29, 0.717) is 0 Å². The van der Waals surface area contributed by atoms with E-state index in [1.54, 1.807) is 14.2 Å². The Morgan fingerprint density at radius 2 is 1.85 bits per heavy atom. The van der Waals surface area contributed by atoms with Gasteiger partial charge in [0.25, 0.3) is 0 Å². The molecule has 1 aliphatic rings. The van der Waals surface area contributed by atoms with E-state index in [4.69, 9.17) is 14.2 Å². The molecule has 4 nitrogen and oxygen atoms in total. The largest absolute Gasteiger partial charge is 0.497 e. The van der Waals surface area contributed by atoms with Gasteiger partial charge in [-0.15, -0.1) is 0 Å². The van der Waals surface area contributed by atoms with Crippen LogP contribution in [0.25, 0.3) is 0 Å². The third-order valence-corrected chi connectivity index (χ3v) is 4.10. The van der Waals surface area contributed by atoms with Gasteiger partial charge in [-0.05, 0) is 30.5 Å². The maximum atomic E-state index is 5.54. The number of methoxy groups -OCH3 is 2. The zero-order chi connectivity index (χ0) is 14.3. The first kappa shape index (κ1) is 15.3. The molecule has 0 amide bonds. The van der Waals surface area contributed by atoms with Gasteiger partial charge in [-0.1, -0.05) is 12.1 Å². The van der Waals surface area contributed by atoms with Gasteiger partial charge in [0, 0.05) is 38.8 Å². The van der Waals surface area contributed by atoms with E-state index in [1.807, 2.05) is 12.1 Å². The molecule has 0 aliphatic carbocycles. The molecule has 0 unspecified atom stereocenters. The highest BCUT2D eigenvalue weighted by molar-refractivity contribution is 5.33. The third-order valence-electron chi connectivity index (χ3n) is 4.10. The Hall–Kier alpha value is -1.10. The summed E-state index contributed by atoms with van der Waals surface area (Å²) in [5, 5.41) is 3.51. The lowest BCUT2D eigenvalue weighted by Gasteiger charge is -2.38. The van der Waals surface area contributed by atoms with Crippen molar-refractivity contribution in [3.8, 4) is 5.75 Å². The van der Waals surface area contributed by atoms with Crippen molar-refractivity contribution >= 4 is 0 Å². The number of nitrogens with one attached hydrogen (secondary N) is 1. The van der Waals surface area contributed by atoms with Gasteiger partial charge < -0.3 is 19.5 Å². The molecule has 0 atom stereocenters. The predicted octanol–water partition coefficient (Wildman–Crippen LogP) is 1.98. The van der Waals surface area contributed by atoms with Crippen molar-refractivity contribution in [2.45, 2.75) is 18.3 Å². The van der Waals surface area contributed by atoms with Crippen LogP contribution in [0.3, 0.4) is 0 Å². The Morgan fingerprint density at radius 3 is 2.45 bits per heavy atom. The first-order valence-electron chi connectivity index (χ1n) is 7.23. The Morgan fingerprint density at radius 1 is 1.15 bits per heavy atom. The molecular weight excluding hydrogens is 254 g/mol. The topological polar surface area (TPSA) is 39.7 Å². The molecule has 0 aromatic heterocycles. The molecule has 0 radical (unpaired) electrons. The van der Waals surface area contributed by atoms with Crippen molar-refractivity contribution in [1.82, 2.24) is 5.32 Å². The molecule has 1 aromatic rings. The maximum absolute atomic E-state index is 5.54. The molecule has 1 saturated heterocycles. The minimum absolute atomic E-state index is 0.165. The van der Waals surface area contributed by atoms with Gasteiger partial charge in [0.1, 0.15) is 5.75 Å². The van der Waals surface area contributed by atoms with E-state index < -0.39 is 0 Å². The quantitative estimate of drug-likeness (QED) is 0.775. The van der Waals surface area contributed by atoms with Gasteiger partial charge in [0.2, 0.25) is 0 Å². The van der Waals surface area contributed by atoms with Crippen molar-refractivity contribution in [3.05, 3.63) is 29.8 Å². The molecule has 0 bridgehead atoms. The number of rotatable bonds is 7. The number of hydrogen-bond donors (Lipinski definition) is 1. The lowest BCUT2D eigenvalue weighted by Crippen LogP contribution is -2.43. The molecule has 2 rings (SSSR count). The van der Waals surface area contributed by atoms with Crippen LogP contribution in [-0.2, 0) is 14.9 Å². The van der Waals surface area contributed by atoms with E-state index in [2.05, 4.69) is 17.4 Å². The van der Waals surface area contributed by atoms with E-state index in [9.17, 15) is 0 Å². The van der Waals surface area contributed by atoms with Crippen LogP contribution in [-0.4, -0.2) is 47.1 Å². The minimum atomic E-state index is 0.165. The second-order valence-corrected chi connectivity index (χ2v) is 5.29. The van der Waals surface area contributed by atoms with Gasteiger partial charge >= 0.3 is 0 Å². The summed E-state index contributed by atoms with van der Waals surface area (Å²) in [5.41, 5.74) is 1.53. The summed E-state index contributed by atoms with van der Waals surface area (Å²) in [6.07, 6.45) is 2.11. The third kappa shape index (κ3) is 3.72. The summed E-state index contributed by atoms with van der Waals surface area (Å²) in [6.45, 7) is 4.26. The lowest BCUT2D eigenvalue weighted by molar-refractivity contribution is 0.0492. The van der Waals surface area contributed by atoms with Gasteiger partial charge in [-0.3, -0.25) is 0 Å². The van der Waals surface area contributed by atoms with E-state index in [1.165, 1.54) is 5.56 Å². The molecule has 1 N–H and O–H groups in total. The molecule has 1 fully saturated rings. The van der Waals surface area contributed by atoms with Crippen LogP contribution in [0.2, 0.25) is 0 Å². The van der Waals surface area contributed by atoms with Crippen molar-refractivity contribution in [2.24, 2.45) is 0 Å². The standard InChI is InChI=1S/C16H25NO3/c1-18-12-9-17-13-16(7-10-20-11-8-16)14-3-5-15(19-2)6-4-14/h3-6,17H,7-13H2,1-2H3. The molecule has 20 heavy (non-hydrogen) atoms. The molecule has 0 spiro atoms. The van der Waals surface area contributed by atoms with Crippen LogP contribution in [0.4, 0.5) is 0 Å². The Labute approximate surface area is 121 Å². The maximum Gasteiger partial charge on any atom is 0.118 e. The SMILES string of the molecule is COCCNCC1(c2ccc(OC)cc2)CCOCC1. The Bertz CT molecular complexity index is 385. The van der Waals surface area contributed by atoms with Crippen molar-refractivity contribution in [3.63, 3.8) is 0 Å². The van der Waals surface area contributed by atoms with Crippen LogP contribution in [0.15, 0.2) is 24.3 Å². The summed E-state index contributed by atoms with van der Waals surface area (Å²) >= 11 is 0. The summed E-state index contributed by atoms with van der Waals surface area (Å²) in [4.78, 5) is 0. The molecule has 1 aromatic carbocycles. The van der Waals surface area contributed by atoms with E-state index in [0.717, 1.165) is 51.5 Å². The fraction of sp³-hybridized carbons (Fsp3) is 0.625. The Balaban J connectivity index is 2.08. The molecule has 112 valence electrons. The Kier molecular flexibility index (Phi) is 5.83. The van der Waals surface area contributed by atoms with E-state index >= 15 is 0 Å². The fourth-order valence-electron chi connectivity index (χ4n) is 2.78. The molecule has 1 aliphatic heterocycles. The van der Waals surface area contributed by atoms with Gasteiger partial charge in [0.15, 0.2) is 0 Å². The fourth-order valence-corrected chi connectivity index (χ4v) is 2.78. The number of ether oxygens (including phenoxy) is 3. The lowest BCUT2D eigenvalue weighted by atomic mass is 9.74. The molecular formula is C16H25NO3. The van der Waals surface area contributed by atoms with E-state index in [-0.39, 0.29) is 5.41 Å². The highest BCUT2D eigenvalue weighted by Gasteiger charge is 2.34. The van der Waals surface area contributed by atoms with Crippen LogP contribution < -0.4 is 10.1 Å². The van der Waals surface area contributed by atoms with Crippen molar-refractivity contribution < 1.29 is 14.2 Å². The average molecular weight is 279 g/mol. The van der Waals surface area contributed by atoms with Crippen LogP contribution in [0.5, 0.6) is 5.75 Å². The highest BCUT2D eigenvalue weighted by atomic mass is 16.5. The highest BCUT2D eigenvalue weighted by Crippen LogP contribution is 2.35. The molecule has 0 saturated carbocycles. The summed E-state index contributed by atoms with van der Waals surface area (Å²) in [6, 6.07) is 8.45. The zero-order valence-corrected chi connectivity index (χ0v) is 12.5. The van der Waals surface area contributed by atoms with Gasteiger partial charge in [-0.2, -0.15) is 0 Å². The summed E-state index contributed by atoms with van der Waals surface area (Å²) in [5.74, 6) is 0.906. The van der Waals surface area contributed by atoms with Crippen molar-refractivity contribution in [2.75, 3.05) is 47.1 Å². The van der Waals surface area contributed by atoms with Gasteiger partial charge in [-0.25, -0.2) is 0 Å². The first-order valence-corrected chi connectivity index (χ1v) is 7.23. The second-order valence-electron chi connectivity index (χ2n) is 5.29. The summed E-state index contributed by atoms with van der Waals surface area (Å²) < 4.78 is 15.9. The second kappa shape index (κ2) is 7.62. The van der Waals surface area contributed by atoms with Crippen molar-refractivity contribution in [1.29, 1.82) is 0 Å². The first-order chi connectivity index (χ1) is 9.80. The van der Waals surface area contributed by atoms with Crippen LogP contribution in [0.1, 0.15) is 18.4 Å². The van der Waals surface area contributed by atoms with Crippen LogP contribution >= 0.6 is 0 Å². The van der Waals surface area contributed by atoms with Crippen LogP contribution in [0, 0.1) is 0 Å². The smallest absolute Gasteiger partial charge is 0.118 e.